The molecule has 1 aromatic heterocycles. The minimum atomic E-state index is -0.497. The normalized spacial score (nSPS) is 15.2. The minimum absolute atomic E-state index is 0.143. The van der Waals surface area contributed by atoms with E-state index in [4.69, 9.17) is 4.74 Å². The molecule has 0 aliphatic carbocycles. The third kappa shape index (κ3) is 4.89. The van der Waals surface area contributed by atoms with Crippen LogP contribution in [0.15, 0.2) is 24.3 Å². The number of ether oxygens (including phenoxy) is 1. The first kappa shape index (κ1) is 22.0. The molecular formula is C23H31FN4O2. The van der Waals surface area contributed by atoms with Gasteiger partial charge in [0.15, 0.2) is 5.82 Å². The van der Waals surface area contributed by atoms with Crippen LogP contribution in [0.2, 0.25) is 0 Å². The van der Waals surface area contributed by atoms with E-state index in [2.05, 4.69) is 15.1 Å². The summed E-state index contributed by atoms with van der Waals surface area (Å²) in [5.41, 5.74) is 3.25. The van der Waals surface area contributed by atoms with E-state index in [0.29, 0.717) is 0 Å². The molecule has 1 amide bonds. The monoisotopic (exact) mass is 414 g/mol. The van der Waals surface area contributed by atoms with Gasteiger partial charge in [0.05, 0.1) is 5.69 Å². The van der Waals surface area contributed by atoms with Gasteiger partial charge in [0, 0.05) is 31.7 Å². The Labute approximate surface area is 178 Å². The molecule has 0 bridgehead atoms. The molecule has 0 unspecified atom stereocenters. The van der Waals surface area contributed by atoms with Crippen LogP contribution < -0.4 is 4.90 Å². The summed E-state index contributed by atoms with van der Waals surface area (Å²) in [6.07, 6.45) is 1.40. The number of nitrogens with zero attached hydrogens (tertiary/aromatic N) is 4. The molecule has 6 nitrogen and oxygen atoms in total. The summed E-state index contributed by atoms with van der Waals surface area (Å²) in [5, 5.41) is 8.93. The Morgan fingerprint density at radius 1 is 1.10 bits per heavy atom. The van der Waals surface area contributed by atoms with E-state index < -0.39 is 5.60 Å². The van der Waals surface area contributed by atoms with Gasteiger partial charge in [0.25, 0.3) is 0 Å². The molecule has 0 N–H and O–H groups in total. The summed E-state index contributed by atoms with van der Waals surface area (Å²) < 4.78 is 18.7. The Bertz CT molecular complexity index is 901. The van der Waals surface area contributed by atoms with Crippen LogP contribution in [0.1, 0.15) is 44.7 Å². The van der Waals surface area contributed by atoms with Gasteiger partial charge in [-0.15, -0.1) is 10.2 Å². The van der Waals surface area contributed by atoms with Gasteiger partial charge in [-0.05, 0) is 82.9 Å². The molecule has 162 valence electrons. The lowest BCUT2D eigenvalue weighted by atomic mass is 10.0. The topological polar surface area (TPSA) is 58.6 Å². The molecule has 1 saturated heterocycles. The number of amides is 1. The number of anilines is 1. The van der Waals surface area contributed by atoms with E-state index in [-0.39, 0.29) is 18.0 Å². The van der Waals surface area contributed by atoms with Crippen LogP contribution in [0.4, 0.5) is 15.0 Å². The molecule has 0 radical (unpaired) electrons. The van der Waals surface area contributed by atoms with E-state index in [9.17, 15) is 9.18 Å². The van der Waals surface area contributed by atoms with Crippen LogP contribution in [-0.4, -0.2) is 53.0 Å². The highest BCUT2D eigenvalue weighted by Gasteiger charge is 2.29. The maximum Gasteiger partial charge on any atom is 0.410 e. The molecule has 0 atom stereocenters. The number of hydrogen-bond acceptors (Lipinski definition) is 5. The highest BCUT2D eigenvalue weighted by Crippen LogP contribution is 2.30. The Morgan fingerprint density at radius 2 is 1.70 bits per heavy atom. The largest absolute Gasteiger partial charge is 0.444 e. The number of halogens is 1. The maximum atomic E-state index is 13.2. The smallest absolute Gasteiger partial charge is 0.410 e. The van der Waals surface area contributed by atoms with Crippen molar-refractivity contribution in [3.63, 3.8) is 0 Å². The molecule has 0 spiro atoms. The first-order valence-electron chi connectivity index (χ1n) is 10.4. The number of piperidine rings is 1. The SMILES string of the molecule is Cc1c(-c2ccc(F)cc2)nnc(N2CCC(N(C)C(=O)OC(C)(C)C)CC2)c1C. The third-order valence-corrected chi connectivity index (χ3v) is 5.61. The Kier molecular flexibility index (Phi) is 6.29. The third-order valence-electron chi connectivity index (χ3n) is 5.61. The second-order valence-corrected chi connectivity index (χ2v) is 8.94. The van der Waals surface area contributed by atoms with Crippen molar-refractivity contribution >= 4 is 11.9 Å². The zero-order chi connectivity index (χ0) is 22.1. The summed E-state index contributed by atoms with van der Waals surface area (Å²) in [6.45, 7) is 11.3. The molecule has 0 saturated carbocycles. The van der Waals surface area contributed by atoms with Crippen molar-refractivity contribution in [2.75, 3.05) is 25.0 Å². The first-order chi connectivity index (χ1) is 14.1. The zero-order valence-electron chi connectivity index (χ0n) is 18.7. The zero-order valence-corrected chi connectivity index (χ0v) is 18.7. The predicted octanol–water partition coefficient (Wildman–Crippen LogP) is 4.74. The van der Waals surface area contributed by atoms with Gasteiger partial charge in [-0.2, -0.15) is 0 Å². The average molecular weight is 415 g/mol. The highest BCUT2D eigenvalue weighted by atomic mass is 19.1. The number of carbonyl (C=O) groups excluding carboxylic acids is 1. The van der Waals surface area contributed by atoms with Crippen LogP contribution in [0.3, 0.4) is 0 Å². The molecule has 2 heterocycles. The highest BCUT2D eigenvalue weighted by molar-refractivity contribution is 5.68. The van der Waals surface area contributed by atoms with Crippen molar-refractivity contribution in [1.29, 1.82) is 0 Å². The molecule has 1 aromatic carbocycles. The lowest BCUT2D eigenvalue weighted by molar-refractivity contribution is 0.0200. The van der Waals surface area contributed by atoms with Gasteiger partial charge in [-0.25, -0.2) is 9.18 Å². The standard InChI is InChI=1S/C23H31FN4O2/c1-15-16(2)21(26-25-20(15)17-7-9-18(24)10-8-17)28-13-11-19(12-14-28)27(6)22(29)30-23(3,4)5/h7-10,19H,11-14H2,1-6H3. The molecule has 1 aliphatic heterocycles. The van der Waals surface area contributed by atoms with E-state index in [1.807, 2.05) is 34.6 Å². The quantitative estimate of drug-likeness (QED) is 0.726. The number of aromatic nitrogens is 2. The lowest BCUT2D eigenvalue weighted by Crippen LogP contribution is -2.47. The second-order valence-electron chi connectivity index (χ2n) is 8.94. The summed E-state index contributed by atoms with van der Waals surface area (Å²) in [4.78, 5) is 16.3. The van der Waals surface area contributed by atoms with Crippen LogP contribution in [0, 0.1) is 19.7 Å². The molecular weight excluding hydrogens is 383 g/mol. The summed E-state index contributed by atoms with van der Waals surface area (Å²) in [6, 6.07) is 6.47. The molecule has 7 heteroatoms. The second kappa shape index (κ2) is 8.58. The van der Waals surface area contributed by atoms with Crippen molar-refractivity contribution in [3.8, 4) is 11.3 Å². The Hall–Kier alpha value is -2.70. The van der Waals surface area contributed by atoms with Crippen molar-refractivity contribution < 1.29 is 13.9 Å². The van der Waals surface area contributed by atoms with E-state index in [1.165, 1.54) is 12.1 Å². The van der Waals surface area contributed by atoms with E-state index in [1.54, 1.807) is 24.1 Å². The van der Waals surface area contributed by atoms with Gasteiger partial charge in [0.2, 0.25) is 0 Å². The number of rotatable bonds is 3. The molecule has 30 heavy (non-hydrogen) atoms. The van der Waals surface area contributed by atoms with Gasteiger partial charge in [-0.1, -0.05) is 0 Å². The number of hydrogen-bond donors (Lipinski definition) is 0. The van der Waals surface area contributed by atoms with Crippen molar-refractivity contribution in [1.82, 2.24) is 15.1 Å². The molecule has 1 aliphatic rings. The van der Waals surface area contributed by atoms with Gasteiger partial charge in [0.1, 0.15) is 11.4 Å². The van der Waals surface area contributed by atoms with Crippen LogP contribution in [0.5, 0.6) is 0 Å². The maximum absolute atomic E-state index is 13.2. The Balaban J connectivity index is 1.69. The van der Waals surface area contributed by atoms with Crippen molar-refractivity contribution in [2.24, 2.45) is 0 Å². The van der Waals surface area contributed by atoms with Crippen molar-refractivity contribution in [3.05, 3.63) is 41.2 Å². The van der Waals surface area contributed by atoms with Crippen LogP contribution >= 0.6 is 0 Å². The average Bonchev–Trinajstić information content (AvgIpc) is 2.69. The number of carbonyl (C=O) groups is 1. The first-order valence-corrected chi connectivity index (χ1v) is 10.4. The summed E-state index contributed by atoms with van der Waals surface area (Å²) >= 11 is 0. The molecule has 2 aromatic rings. The summed E-state index contributed by atoms with van der Waals surface area (Å²) in [7, 11) is 1.81. The van der Waals surface area contributed by atoms with E-state index in [0.717, 1.165) is 54.1 Å². The number of benzene rings is 1. The van der Waals surface area contributed by atoms with Gasteiger partial charge in [-0.3, -0.25) is 0 Å². The predicted molar refractivity (Wildman–Crippen MR) is 116 cm³/mol. The van der Waals surface area contributed by atoms with Gasteiger partial charge >= 0.3 is 6.09 Å². The van der Waals surface area contributed by atoms with Crippen LogP contribution in [0.25, 0.3) is 11.3 Å². The minimum Gasteiger partial charge on any atom is -0.444 e. The van der Waals surface area contributed by atoms with E-state index >= 15 is 0 Å². The van der Waals surface area contributed by atoms with Crippen molar-refractivity contribution in [2.45, 2.75) is 59.1 Å². The van der Waals surface area contributed by atoms with Crippen LogP contribution in [-0.2, 0) is 4.74 Å². The molecule has 3 rings (SSSR count). The summed E-state index contributed by atoms with van der Waals surface area (Å²) in [5.74, 6) is 0.605. The molecule has 1 fully saturated rings. The fraction of sp³-hybridized carbons (Fsp3) is 0.522. The fourth-order valence-corrected chi connectivity index (χ4v) is 3.72. The fourth-order valence-electron chi connectivity index (χ4n) is 3.72. The lowest BCUT2D eigenvalue weighted by Gasteiger charge is -2.38. The Morgan fingerprint density at radius 3 is 2.27 bits per heavy atom. The van der Waals surface area contributed by atoms with Gasteiger partial charge < -0.3 is 14.5 Å².